The van der Waals surface area contributed by atoms with Gasteiger partial charge in [0.1, 0.15) is 0 Å². The number of pyridine rings is 1. The molecule has 4 aromatic rings. The smallest absolute Gasteiger partial charge is 0.0790 e. The molecule has 0 aliphatic rings. The monoisotopic (exact) mass is 479 g/mol. The Morgan fingerprint density at radius 2 is 1.19 bits per heavy atom. The van der Waals surface area contributed by atoms with Gasteiger partial charge in [-0.05, 0) is 41.1 Å². The van der Waals surface area contributed by atoms with Crippen molar-refractivity contribution in [2.45, 2.75) is 19.8 Å². The molecule has 0 saturated heterocycles. The Morgan fingerprint density at radius 3 is 1.74 bits per heavy atom. The van der Waals surface area contributed by atoms with Crippen LogP contribution in [0.4, 0.5) is 0 Å². The average Bonchev–Trinajstić information content (AvgIpc) is 2.68. The third-order valence-corrected chi connectivity index (χ3v) is 5.80. The molecule has 0 unspecified atom stereocenters. The van der Waals surface area contributed by atoms with Crippen LogP contribution < -0.4 is 0 Å². The van der Waals surface area contributed by atoms with Crippen LogP contribution in [0.5, 0.6) is 0 Å². The summed E-state index contributed by atoms with van der Waals surface area (Å²) in [6.45, 7) is 4.42. The summed E-state index contributed by atoms with van der Waals surface area (Å²) in [6.07, 6.45) is 0. The van der Waals surface area contributed by atoms with Crippen molar-refractivity contribution in [3.05, 3.63) is 87.4 Å². The molecule has 0 fully saturated rings. The van der Waals surface area contributed by atoms with Crippen molar-refractivity contribution in [3.63, 3.8) is 0 Å². The van der Waals surface area contributed by atoms with Crippen molar-refractivity contribution < 1.29 is 0 Å². The molecule has 0 amide bonds. The second-order valence-electron chi connectivity index (χ2n) is 6.93. The molecule has 3 aromatic carbocycles. The van der Waals surface area contributed by atoms with Gasteiger partial charge in [-0.3, -0.25) is 4.98 Å². The summed E-state index contributed by atoms with van der Waals surface area (Å²) in [5.74, 6) is 0.350. The molecule has 0 N–H and O–H groups in total. The van der Waals surface area contributed by atoms with Crippen LogP contribution in [0, 0.1) is 0 Å². The van der Waals surface area contributed by atoms with Crippen molar-refractivity contribution in [2.75, 3.05) is 0 Å². The normalized spacial score (nSPS) is 11.3. The van der Waals surface area contributed by atoms with Crippen LogP contribution in [0.3, 0.4) is 0 Å². The molecule has 4 rings (SSSR count). The second-order valence-corrected chi connectivity index (χ2v) is 8.77. The number of fused-ring (bicyclic) bond motifs is 1. The Hall–Kier alpha value is -1.97. The summed E-state index contributed by atoms with van der Waals surface area (Å²) >= 11 is 7.09. The maximum absolute atomic E-state index is 5.17. The highest BCUT2D eigenvalue weighted by Gasteiger charge is 2.18. The maximum Gasteiger partial charge on any atom is 0.0790 e. The van der Waals surface area contributed by atoms with Gasteiger partial charge in [0.25, 0.3) is 0 Å². The highest BCUT2D eigenvalue weighted by molar-refractivity contribution is 9.10. The van der Waals surface area contributed by atoms with E-state index in [9.17, 15) is 0 Å². The van der Waals surface area contributed by atoms with Gasteiger partial charge in [0.15, 0.2) is 0 Å². The predicted molar refractivity (Wildman–Crippen MR) is 122 cm³/mol. The van der Waals surface area contributed by atoms with Crippen molar-refractivity contribution in [3.8, 4) is 22.4 Å². The maximum atomic E-state index is 5.17. The van der Waals surface area contributed by atoms with E-state index in [0.717, 1.165) is 25.9 Å². The molecular formula is C24H19Br2N. The number of nitrogens with zero attached hydrogens (tertiary/aromatic N) is 1. The van der Waals surface area contributed by atoms with E-state index < -0.39 is 0 Å². The van der Waals surface area contributed by atoms with E-state index in [1.165, 1.54) is 21.9 Å². The highest BCUT2D eigenvalue weighted by atomic mass is 79.9. The Balaban J connectivity index is 2.12. The van der Waals surface area contributed by atoms with E-state index in [1.54, 1.807) is 0 Å². The van der Waals surface area contributed by atoms with Gasteiger partial charge >= 0.3 is 0 Å². The first kappa shape index (κ1) is 18.4. The van der Waals surface area contributed by atoms with Gasteiger partial charge in [-0.15, -0.1) is 0 Å². The van der Waals surface area contributed by atoms with E-state index in [0.29, 0.717) is 5.92 Å². The molecule has 0 aliphatic heterocycles. The van der Waals surface area contributed by atoms with E-state index in [4.69, 9.17) is 4.98 Å². The van der Waals surface area contributed by atoms with Gasteiger partial charge in [-0.25, -0.2) is 0 Å². The van der Waals surface area contributed by atoms with E-state index in [1.807, 2.05) is 0 Å². The molecule has 0 atom stereocenters. The summed E-state index contributed by atoms with van der Waals surface area (Å²) in [6, 6.07) is 25.5. The molecule has 0 aliphatic carbocycles. The van der Waals surface area contributed by atoms with Gasteiger partial charge in [-0.1, -0.05) is 94.2 Å². The quantitative estimate of drug-likeness (QED) is 0.287. The van der Waals surface area contributed by atoms with Crippen LogP contribution in [0.1, 0.15) is 25.5 Å². The summed E-state index contributed by atoms with van der Waals surface area (Å²) in [7, 11) is 0. The van der Waals surface area contributed by atoms with Crippen LogP contribution in [-0.4, -0.2) is 4.98 Å². The Kier molecular flexibility index (Phi) is 5.16. The number of hydrogen-bond donors (Lipinski definition) is 0. The minimum absolute atomic E-state index is 0.350. The highest BCUT2D eigenvalue weighted by Crippen LogP contribution is 2.40. The molecule has 1 heterocycles. The Morgan fingerprint density at radius 1 is 0.667 bits per heavy atom. The van der Waals surface area contributed by atoms with E-state index >= 15 is 0 Å². The Bertz CT molecular complexity index is 1100. The van der Waals surface area contributed by atoms with Crippen LogP contribution >= 0.6 is 31.9 Å². The van der Waals surface area contributed by atoms with Crippen molar-refractivity contribution in [1.82, 2.24) is 4.98 Å². The van der Waals surface area contributed by atoms with Crippen LogP contribution in [0.25, 0.3) is 33.2 Å². The van der Waals surface area contributed by atoms with Crippen molar-refractivity contribution in [2.24, 2.45) is 0 Å². The zero-order valence-electron chi connectivity index (χ0n) is 15.2. The fourth-order valence-electron chi connectivity index (χ4n) is 3.45. The van der Waals surface area contributed by atoms with E-state index in [2.05, 4.69) is 119 Å². The first-order valence-electron chi connectivity index (χ1n) is 8.99. The lowest BCUT2D eigenvalue weighted by Crippen LogP contribution is -2.00. The summed E-state index contributed by atoms with van der Waals surface area (Å²) < 4.78 is 2.15. The lowest BCUT2D eigenvalue weighted by molar-refractivity contribution is 0.836. The minimum Gasteiger partial charge on any atom is -0.251 e. The Labute approximate surface area is 176 Å². The van der Waals surface area contributed by atoms with Gasteiger partial charge < -0.3 is 0 Å². The molecule has 0 radical (unpaired) electrons. The molecule has 1 nitrogen and oxygen atoms in total. The van der Waals surface area contributed by atoms with Gasteiger partial charge in [0.2, 0.25) is 0 Å². The molecule has 0 bridgehead atoms. The van der Waals surface area contributed by atoms with Crippen LogP contribution in [0.2, 0.25) is 0 Å². The lowest BCUT2D eigenvalue weighted by Gasteiger charge is -2.18. The summed E-state index contributed by atoms with van der Waals surface area (Å²) in [5, 5.41) is 2.47. The summed E-state index contributed by atoms with van der Waals surface area (Å²) in [4.78, 5) is 5.17. The van der Waals surface area contributed by atoms with Gasteiger partial charge in [-0.2, -0.15) is 0 Å². The first-order chi connectivity index (χ1) is 13.0. The topological polar surface area (TPSA) is 12.9 Å². The molecule has 134 valence electrons. The average molecular weight is 481 g/mol. The molecule has 3 heteroatoms. The number of aromatic nitrogens is 1. The van der Waals surface area contributed by atoms with Crippen LogP contribution in [-0.2, 0) is 0 Å². The molecule has 27 heavy (non-hydrogen) atoms. The number of benzene rings is 3. The summed E-state index contributed by atoms with van der Waals surface area (Å²) in [5.41, 5.74) is 5.67. The predicted octanol–water partition coefficient (Wildman–Crippen LogP) is 8.22. The third kappa shape index (κ3) is 3.59. The molecular weight excluding hydrogens is 462 g/mol. The fraction of sp³-hybridized carbons (Fsp3) is 0.125. The SMILES string of the molecule is CC(C)c1nc(-c2ccc(Br)cc2)c(-c2ccc(Br)cc2)c2ccccc12. The number of hydrogen-bond acceptors (Lipinski definition) is 1. The molecule has 1 aromatic heterocycles. The zero-order chi connectivity index (χ0) is 19.0. The lowest BCUT2D eigenvalue weighted by atomic mass is 9.91. The van der Waals surface area contributed by atoms with Crippen LogP contribution in [0.15, 0.2) is 81.7 Å². The molecule has 0 saturated carbocycles. The third-order valence-electron chi connectivity index (χ3n) is 4.74. The van der Waals surface area contributed by atoms with Crippen molar-refractivity contribution in [1.29, 1.82) is 0 Å². The fourth-order valence-corrected chi connectivity index (χ4v) is 3.98. The van der Waals surface area contributed by atoms with Gasteiger partial charge in [0.05, 0.1) is 11.4 Å². The van der Waals surface area contributed by atoms with Gasteiger partial charge in [0, 0.05) is 25.5 Å². The zero-order valence-corrected chi connectivity index (χ0v) is 18.4. The standard InChI is InChI=1S/C24H19Br2N/c1-15(2)23-21-6-4-3-5-20(21)22(16-7-11-18(25)12-8-16)24(27-23)17-9-13-19(26)14-10-17/h3-15H,1-2H3. The second kappa shape index (κ2) is 7.57. The molecule has 0 spiro atoms. The van der Waals surface area contributed by atoms with Crippen molar-refractivity contribution >= 4 is 42.6 Å². The first-order valence-corrected chi connectivity index (χ1v) is 10.6. The minimum atomic E-state index is 0.350. The number of rotatable bonds is 3. The number of halogens is 2. The largest absolute Gasteiger partial charge is 0.251 e. The van der Waals surface area contributed by atoms with E-state index in [-0.39, 0.29) is 0 Å².